The van der Waals surface area contributed by atoms with Gasteiger partial charge in [-0.3, -0.25) is 0 Å². The molecule has 2 aliphatic heterocycles. The lowest BCUT2D eigenvalue weighted by molar-refractivity contribution is 0.189. The van der Waals surface area contributed by atoms with Crippen molar-refractivity contribution in [3.63, 3.8) is 0 Å². The lowest BCUT2D eigenvalue weighted by Gasteiger charge is -2.33. The number of aromatic nitrogens is 7. The number of rotatable bonds is 16. The topological polar surface area (TPSA) is 166 Å². The Morgan fingerprint density at radius 3 is 1.67 bits per heavy atom. The zero-order valence-electron chi connectivity index (χ0n) is 26.5. The molecule has 3 aromatic rings. The van der Waals surface area contributed by atoms with Gasteiger partial charge in [0.15, 0.2) is 21.5 Å². The first-order valence-corrected chi connectivity index (χ1v) is 16.8. The van der Waals surface area contributed by atoms with E-state index in [9.17, 15) is 8.42 Å². The molecule has 248 valence electrons. The third-order valence-corrected chi connectivity index (χ3v) is 9.47. The van der Waals surface area contributed by atoms with Crippen LogP contribution in [0.4, 0.5) is 23.5 Å². The van der Waals surface area contributed by atoms with Crippen molar-refractivity contribution in [2.45, 2.75) is 13.1 Å². The molecule has 18 heteroatoms. The summed E-state index contributed by atoms with van der Waals surface area (Å²) in [6.07, 6.45) is 1.56. The standard InChI is InChI=1S/C27H43N11O6S/c1-41-13-7-35(8-14-42-2)26-31-23-22(24(32-26)34-11-17-45(39,40)18-12-34)30-27(36(9-15-43-3)10-16-44-4)33-25(23)37-5-6-38-21(19-37)28-20-29-38/h20H,5-19H2,1-4H3. The number of methoxy groups -OCH3 is 4. The molecule has 1 saturated heterocycles. The summed E-state index contributed by atoms with van der Waals surface area (Å²) >= 11 is 0. The van der Waals surface area contributed by atoms with Crippen molar-refractivity contribution in [2.24, 2.45) is 0 Å². The van der Waals surface area contributed by atoms with Gasteiger partial charge in [0.1, 0.15) is 23.2 Å². The molecule has 3 aromatic heterocycles. The summed E-state index contributed by atoms with van der Waals surface area (Å²) in [7, 11) is 3.47. The number of ether oxygens (including phenoxy) is 4. The Labute approximate surface area is 263 Å². The summed E-state index contributed by atoms with van der Waals surface area (Å²) in [6, 6.07) is 0. The molecule has 0 amide bonds. The second-order valence-electron chi connectivity index (χ2n) is 10.8. The van der Waals surface area contributed by atoms with Gasteiger partial charge in [-0.25, -0.2) is 28.1 Å². The number of nitrogens with zero attached hydrogens (tertiary/aromatic N) is 11. The average Bonchev–Trinajstić information content (AvgIpc) is 3.52. The monoisotopic (exact) mass is 649 g/mol. The Morgan fingerprint density at radius 1 is 0.689 bits per heavy atom. The fraction of sp³-hybridized carbons (Fsp3) is 0.704. The Bertz CT molecular complexity index is 1490. The summed E-state index contributed by atoms with van der Waals surface area (Å²) in [6.45, 7) is 6.32. The highest BCUT2D eigenvalue weighted by atomic mass is 32.2. The van der Waals surface area contributed by atoms with Crippen molar-refractivity contribution < 1.29 is 27.4 Å². The number of hydrogen-bond donors (Lipinski definition) is 0. The maximum absolute atomic E-state index is 12.4. The molecule has 17 nitrogen and oxygen atoms in total. The van der Waals surface area contributed by atoms with E-state index >= 15 is 0 Å². The van der Waals surface area contributed by atoms with Crippen molar-refractivity contribution >= 4 is 44.4 Å². The van der Waals surface area contributed by atoms with Crippen LogP contribution in [0.15, 0.2) is 6.33 Å². The second kappa shape index (κ2) is 15.2. The van der Waals surface area contributed by atoms with E-state index < -0.39 is 9.84 Å². The molecule has 5 heterocycles. The van der Waals surface area contributed by atoms with E-state index in [1.807, 2.05) is 19.4 Å². The first-order chi connectivity index (χ1) is 21.9. The number of anilines is 4. The van der Waals surface area contributed by atoms with Crippen molar-refractivity contribution in [1.82, 2.24) is 34.7 Å². The highest BCUT2D eigenvalue weighted by Crippen LogP contribution is 2.34. The molecule has 0 aliphatic carbocycles. The third kappa shape index (κ3) is 7.86. The maximum atomic E-state index is 12.4. The zero-order valence-corrected chi connectivity index (χ0v) is 27.3. The molecule has 45 heavy (non-hydrogen) atoms. The van der Waals surface area contributed by atoms with Gasteiger partial charge >= 0.3 is 0 Å². The van der Waals surface area contributed by atoms with Gasteiger partial charge in [-0.15, -0.1) is 0 Å². The Morgan fingerprint density at radius 2 is 1.18 bits per heavy atom. The fourth-order valence-electron chi connectivity index (χ4n) is 5.28. The predicted molar refractivity (Wildman–Crippen MR) is 169 cm³/mol. The van der Waals surface area contributed by atoms with Crippen LogP contribution < -0.4 is 19.6 Å². The van der Waals surface area contributed by atoms with Crippen molar-refractivity contribution in [2.75, 3.05) is 132 Å². The summed E-state index contributed by atoms with van der Waals surface area (Å²) in [5, 5.41) is 4.34. The minimum Gasteiger partial charge on any atom is -0.383 e. The second-order valence-corrected chi connectivity index (χ2v) is 13.1. The van der Waals surface area contributed by atoms with Gasteiger partial charge in [0.25, 0.3) is 0 Å². The molecule has 0 saturated carbocycles. The number of sulfone groups is 1. The zero-order chi connectivity index (χ0) is 31.8. The van der Waals surface area contributed by atoms with Crippen LogP contribution in [0.2, 0.25) is 0 Å². The highest BCUT2D eigenvalue weighted by Gasteiger charge is 2.30. The summed E-state index contributed by atoms with van der Waals surface area (Å²) in [5.74, 6) is 3.04. The minimum absolute atomic E-state index is 0.0330. The lowest BCUT2D eigenvalue weighted by atomic mass is 10.3. The van der Waals surface area contributed by atoms with Gasteiger partial charge in [0.2, 0.25) is 11.9 Å². The Kier molecular flexibility index (Phi) is 11.1. The number of hydrogen-bond acceptors (Lipinski definition) is 16. The van der Waals surface area contributed by atoms with Crippen LogP contribution in [-0.2, 0) is 41.9 Å². The highest BCUT2D eigenvalue weighted by molar-refractivity contribution is 7.91. The molecule has 0 spiro atoms. The van der Waals surface area contributed by atoms with Crippen molar-refractivity contribution in [3.8, 4) is 0 Å². The molecular formula is C27H43N11O6S. The average molecular weight is 650 g/mol. The SMILES string of the molecule is COCCN(CCOC)c1nc(N2CCn3ncnc3C2)c2nc(N(CCOC)CCOC)nc(N3CCS(=O)(=O)CC3)c2n1. The fourth-order valence-corrected chi connectivity index (χ4v) is 6.49. The van der Waals surface area contributed by atoms with Crippen LogP contribution in [0.25, 0.3) is 11.0 Å². The molecule has 0 bridgehead atoms. The van der Waals surface area contributed by atoms with Crippen LogP contribution in [-0.4, -0.2) is 155 Å². The van der Waals surface area contributed by atoms with E-state index in [2.05, 4.69) is 15.0 Å². The first kappa shape index (κ1) is 32.9. The van der Waals surface area contributed by atoms with Gasteiger partial charge in [-0.05, 0) is 0 Å². The number of fused-ring (bicyclic) bond motifs is 2. The predicted octanol–water partition coefficient (Wildman–Crippen LogP) is -0.535. The van der Waals surface area contributed by atoms with E-state index in [1.54, 1.807) is 34.8 Å². The van der Waals surface area contributed by atoms with E-state index in [1.165, 1.54) is 0 Å². The van der Waals surface area contributed by atoms with Crippen LogP contribution in [0, 0.1) is 0 Å². The molecular weight excluding hydrogens is 606 g/mol. The van der Waals surface area contributed by atoms with Gasteiger partial charge in [0.05, 0.1) is 51.0 Å². The van der Waals surface area contributed by atoms with Gasteiger partial charge in [0, 0.05) is 74.3 Å². The maximum Gasteiger partial charge on any atom is 0.228 e. The Balaban J connectivity index is 1.71. The van der Waals surface area contributed by atoms with Crippen molar-refractivity contribution in [3.05, 3.63) is 12.2 Å². The van der Waals surface area contributed by atoms with Gasteiger partial charge < -0.3 is 38.5 Å². The van der Waals surface area contributed by atoms with Gasteiger partial charge in [-0.2, -0.15) is 15.1 Å². The van der Waals surface area contributed by atoms with Crippen LogP contribution >= 0.6 is 0 Å². The molecule has 0 unspecified atom stereocenters. The largest absolute Gasteiger partial charge is 0.383 e. The van der Waals surface area contributed by atoms with E-state index in [-0.39, 0.29) is 11.5 Å². The molecule has 0 radical (unpaired) electrons. The van der Waals surface area contributed by atoms with E-state index in [4.69, 9.17) is 38.9 Å². The summed E-state index contributed by atoms with van der Waals surface area (Å²) in [4.78, 5) is 32.9. The van der Waals surface area contributed by atoms with Crippen molar-refractivity contribution in [1.29, 1.82) is 0 Å². The molecule has 5 rings (SSSR count). The van der Waals surface area contributed by atoms with Gasteiger partial charge in [-0.1, -0.05) is 0 Å². The third-order valence-electron chi connectivity index (χ3n) is 7.86. The summed E-state index contributed by atoms with van der Waals surface area (Å²) < 4.78 is 48.3. The minimum atomic E-state index is -3.14. The molecule has 2 aliphatic rings. The van der Waals surface area contributed by atoms with Crippen LogP contribution in [0.5, 0.6) is 0 Å². The summed E-state index contributed by atoms with van der Waals surface area (Å²) in [5.41, 5.74) is 1.11. The Hall–Kier alpha value is -3.45. The normalized spacial score (nSPS) is 16.3. The molecule has 0 atom stereocenters. The quantitative estimate of drug-likeness (QED) is 0.194. The van der Waals surface area contributed by atoms with Crippen LogP contribution in [0.1, 0.15) is 5.82 Å². The molecule has 0 aromatic carbocycles. The molecule has 0 N–H and O–H groups in total. The first-order valence-electron chi connectivity index (χ1n) is 15.0. The smallest absolute Gasteiger partial charge is 0.228 e. The molecule has 1 fully saturated rings. The lowest BCUT2D eigenvalue weighted by Crippen LogP contribution is -2.41. The van der Waals surface area contributed by atoms with E-state index in [0.29, 0.717) is 120 Å². The van der Waals surface area contributed by atoms with Crippen LogP contribution in [0.3, 0.4) is 0 Å². The van der Waals surface area contributed by atoms with E-state index in [0.717, 1.165) is 5.82 Å².